The second kappa shape index (κ2) is 9.94. The van der Waals surface area contributed by atoms with E-state index >= 15 is 0 Å². The molecule has 0 aliphatic carbocycles. The molecule has 0 radical (unpaired) electrons. The molecule has 0 saturated carbocycles. The topological polar surface area (TPSA) is 44.8 Å². The fraction of sp³-hybridized carbons (Fsp3) is 0.577. The molecule has 0 spiro atoms. The van der Waals surface area contributed by atoms with E-state index in [1.165, 1.54) is 33.7 Å². The number of anilines is 2. The van der Waals surface area contributed by atoms with Gasteiger partial charge in [-0.3, -0.25) is 9.69 Å². The van der Waals surface area contributed by atoms with Crippen molar-refractivity contribution < 1.29 is 9.53 Å². The number of amides is 1. The molecule has 32 heavy (non-hydrogen) atoms. The largest absolute Gasteiger partial charge is 0.378 e. The molecular weight excluding hydrogens is 418 g/mol. The van der Waals surface area contributed by atoms with Gasteiger partial charge in [-0.2, -0.15) is 0 Å². The molecule has 2 saturated heterocycles. The third-order valence-electron chi connectivity index (χ3n) is 6.84. The van der Waals surface area contributed by atoms with Gasteiger partial charge >= 0.3 is 0 Å². The zero-order chi connectivity index (χ0) is 22.8. The minimum atomic E-state index is -0.00528. The number of benzene rings is 1. The summed E-state index contributed by atoms with van der Waals surface area (Å²) in [5.74, 6) is 1.32. The maximum atomic E-state index is 12.0. The first-order chi connectivity index (χ1) is 15.3. The molecule has 1 aromatic heterocycles. The van der Waals surface area contributed by atoms with Crippen LogP contribution >= 0.6 is 11.3 Å². The van der Waals surface area contributed by atoms with Crippen LogP contribution in [0.2, 0.25) is 0 Å². The van der Waals surface area contributed by atoms with Gasteiger partial charge in [0.05, 0.1) is 19.3 Å². The van der Waals surface area contributed by atoms with Gasteiger partial charge in [0.2, 0.25) is 5.91 Å². The van der Waals surface area contributed by atoms with Crippen molar-refractivity contribution in [1.82, 2.24) is 4.90 Å². The van der Waals surface area contributed by atoms with Crippen molar-refractivity contribution in [2.75, 3.05) is 49.6 Å². The standard InChI is InChI=1S/C26H37N3O2S/c1-17-14-18(2)16-29(15-17)25(24-19(3)20(4)32-26(24)27-21(5)30)22-6-8-23(9-7-22)28-10-12-31-13-11-28/h6-9,17-18,25H,10-16H2,1-5H3,(H,27,30). The Bertz CT molecular complexity index is 923. The van der Waals surface area contributed by atoms with E-state index in [1.54, 1.807) is 18.3 Å². The number of carbonyl (C=O) groups excluding carboxylic acids is 1. The van der Waals surface area contributed by atoms with Gasteiger partial charge in [0.25, 0.3) is 0 Å². The summed E-state index contributed by atoms with van der Waals surface area (Å²) in [6.07, 6.45) is 1.28. The third-order valence-corrected chi connectivity index (χ3v) is 7.98. The van der Waals surface area contributed by atoms with Crippen LogP contribution < -0.4 is 10.2 Å². The van der Waals surface area contributed by atoms with Crippen LogP contribution in [0.4, 0.5) is 10.7 Å². The molecule has 2 aliphatic rings. The van der Waals surface area contributed by atoms with Crippen molar-refractivity contribution >= 4 is 27.9 Å². The molecule has 5 nitrogen and oxygen atoms in total. The Morgan fingerprint density at radius 3 is 2.31 bits per heavy atom. The highest BCUT2D eigenvalue weighted by atomic mass is 32.1. The molecule has 6 heteroatoms. The minimum absolute atomic E-state index is 0.00528. The smallest absolute Gasteiger partial charge is 0.221 e. The average Bonchev–Trinajstić information content (AvgIpc) is 3.02. The van der Waals surface area contributed by atoms with E-state index in [4.69, 9.17) is 4.74 Å². The number of ether oxygens (including phenoxy) is 1. The molecule has 1 N–H and O–H groups in total. The van der Waals surface area contributed by atoms with Gasteiger partial charge in [0.15, 0.2) is 0 Å². The predicted octanol–water partition coefficient (Wildman–Crippen LogP) is 5.23. The highest BCUT2D eigenvalue weighted by Gasteiger charge is 2.33. The van der Waals surface area contributed by atoms with Crippen LogP contribution in [0.3, 0.4) is 0 Å². The summed E-state index contributed by atoms with van der Waals surface area (Å²) in [4.78, 5) is 18.3. The molecular formula is C26H37N3O2S. The van der Waals surface area contributed by atoms with E-state index in [9.17, 15) is 4.79 Å². The molecule has 174 valence electrons. The van der Waals surface area contributed by atoms with E-state index in [0.717, 1.165) is 44.4 Å². The SMILES string of the molecule is CC(=O)Nc1sc(C)c(C)c1C(c1ccc(N2CCOCC2)cc1)N1CC(C)CC(C)C1. The second-order valence-corrected chi connectivity index (χ2v) is 10.9. The van der Waals surface area contributed by atoms with E-state index in [2.05, 4.69) is 67.1 Å². The summed E-state index contributed by atoms with van der Waals surface area (Å²) in [5, 5.41) is 4.14. The molecule has 3 heterocycles. The molecule has 1 aromatic carbocycles. The van der Waals surface area contributed by atoms with E-state index in [-0.39, 0.29) is 11.9 Å². The number of nitrogens with zero attached hydrogens (tertiary/aromatic N) is 2. The zero-order valence-electron chi connectivity index (χ0n) is 20.1. The van der Waals surface area contributed by atoms with Gasteiger partial charge in [0.1, 0.15) is 5.00 Å². The van der Waals surface area contributed by atoms with Gasteiger partial charge in [-0.15, -0.1) is 11.3 Å². The number of likely N-dealkylation sites (tertiary alicyclic amines) is 1. The predicted molar refractivity (Wildman–Crippen MR) is 134 cm³/mol. The summed E-state index contributed by atoms with van der Waals surface area (Å²) in [6.45, 7) is 16.3. The number of carbonyl (C=O) groups is 1. The molecule has 0 bridgehead atoms. The average molecular weight is 456 g/mol. The van der Waals surface area contributed by atoms with Gasteiger partial charge in [-0.25, -0.2) is 0 Å². The van der Waals surface area contributed by atoms with Crippen molar-refractivity contribution in [1.29, 1.82) is 0 Å². The lowest BCUT2D eigenvalue weighted by atomic mass is 9.87. The molecule has 2 aromatic rings. The van der Waals surface area contributed by atoms with Crippen LogP contribution in [0.1, 0.15) is 54.8 Å². The summed E-state index contributed by atoms with van der Waals surface area (Å²) in [7, 11) is 0. The highest BCUT2D eigenvalue weighted by Crippen LogP contribution is 2.44. The molecule has 3 unspecified atom stereocenters. The van der Waals surface area contributed by atoms with Crippen molar-refractivity contribution in [2.45, 2.75) is 47.1 Å². The van der Waals surface area contributed by atoms with Gasteiger partial charge in [-0.05, 0) is 55.4 Å². The van der Waals surface area contributed by atoms with Crippen LogP contribution in [-0.4, -0.2) is 50.2 Å². The number of nitrogens with one attached hydrogen (secondary N) is 1. The lowest BCUT2D eigenvalue weighted by Gasteiger charge is -2.41. The molecule has 4 rings (SSSR count). The van der Waals surface area contributed by atoms with Crippen LogP contribution in [0.25, 0.3) is 0 Å². The van der Waals surface area contributed by atoms with E-state index in [1.807, 2.05) is 0 Å². The fourth-order valence-electron chi connectivity index (χ4n) is 5.40. The van der Waals surface area contributed by atoms with Gasteiger partial charge in [-0.1, -0.05) is 26.0 Å². The zero-order valence-corrected chi connectivity index (χ0v) is 20.9. The van der Waals surface area contributed by atoms with Crippen LogP contribution in [0, 0.1) is 25.7 Å². The number of rotatable bonds is 5. The highest BCUT2D eigenvalue weighted by molar-refractivity contribution is 7.16. The Hall–Kier alpha value is -1.89. The Labute approximate surface area is 196 Å². The normalized spacial score (nSPS) is 23.2. The van der Waals surface area contributed by atoms with Crippen molar-refractivity contribution in [3.63, 3.8) is 0 Å². The van der Waals surface area contributed by atoms with Gasteiger partial charge in [0, 0.05) is 49.2 Å². The summed E-state index contributed by atoms with van der Waals surface area (Å²) in [6, 6.07) is 9.26. The number of morpholine rings is 1. The Morgan fingerprint density at radius 1 is 1.09 bits per heavy atom. The first kappa shape index (κ1) is 23.3. The minimum Gasteiger partial charge on any atom is -0.378 e. The van der Waals surface area contributed by atoms with Crippen LogP contribution in [-0.2, 0) is 9.53 Å². The lowest BCUT2D eigenvalue weighted by Crippen LogP contribution is -2.41. The third kappa shape index (κ3) is 5.03. The number of piperidine rings is 1. The fourth-order valence-corrected chi connectivity index (χ4v) is 6.54. The monoisotopic (exact) mass is 455 g/mol. The van der Waals surface area contributed by atoms with Crippen LogP contribution in [0.5, 0.6) is 0 Å². The number of hydrogen-bond donors (Lipinski definition) is 1. The lowest BCUT2D eigenvalue weighted by molar-refractivity contribution is -0.114. The van der Waals surface area contributed by atoms with Crippen molar-refractivity contribution in [3.05, 3.63) is 45.8 Å². The Morgan fingerprint density at radius 2 is 1.72 bits per heavy atom. The number of thiophene rings is 1. The maximum Gasteiger partial charge on any atom is 0.221 e. The Kier molecular flexibility index (Phi) is 7.23. The molecule has 2 fully saturated rings. The van der Waals surface area contributed by atoms with E-state index < -0.39 is 0 Å². The first-order valence-corrected chi connectivity index (χ1v) is 12.7. The van der Waals surface area contributed by atoms with Crippen molar-refractivity contribution in [3.8, 4) is 0 Å². The first-order valence-electron chi connectivity index (χ1n) is 11.9. The van der Waals surface area contributed by atoms with Crippen LogP contribution in [0.15, 0.2) is 24.3 Å². The summed E-state index contributed by atoms with van der Waals surface area (Å²) in [5.41, 5.74) is 5.13. The molecule has 2 aliphatic heterocycles. The molecule has 3 atom stereocenters. The quantitative estimate of drug-likeness (QED) is 0.671. The molecule has 1 amide bonds. The number of aryl methyl sites for hydroxylation is 1. The summed E-state index contributed by atoms with van der Waals surface area (Å²) >= 11 is 1.70. The van der Waals surface area contributed by atoms with Crippen molar-refractivity contribution in [2.24, 2.45) is 11.8 Å². The maximum absolute atomic E-state index is 12.0. The summed E-state index contributed by atoms with van der Waals surface area (Å²) < 4.78 is 5.52. The Balaban J connectivity index is 1.74. The van der Waals surface area contributed by atoms with E-state index in [0.29, 0.717) is 11.8 Å². The van der Waals surface area contributed by atoms with Gasteiger partial charge < -0.3 is 15.0 Å². The second-order valence-electron chi connectivity index (χ2n) is 9.70. The number of hydrogen-bond acceptors (Lipinski definition) is 5.